The smallest absolute Gasteiger partial charge is 0.265 e. The van der Waals surface area contributed by atoms with Crippen molar-refractivity contribution in [1.82, 2.24) is 5.32 Å². The number of hydrogen-bond acceptors (Lipinski definition) is 5. The SMILES string of the molecule is Cc1cccc(OCC(=O)c2ccc3c(c2)N(CCCC(=O)NC2CC2)C(=O)CO3)c1C. The zero-order valence-electron chi connectivity index (χ0n) is 18.5. The zero-order valence-corrected chi connectivity index (χ0v) is 18.5. The molecule has 2 amide bonds. The average molecular weight is 437 g/mol. The lowest BCUT2D eigenvalue weighted by atomic mass is 10.1. The van der Waals surface area contributed by atoms with E-state index in [2.05, 4.69) is 5.32 Å². The summed E-state index contributed by atoms with van der Waals surface area (Å²) in [7, 11) is 0. The highest BCUT2D eigenvalue weighted by atomic mass is 16.5. The van der Waals surface area contributed by atoms with E-state index in [9.17, 15) is 14.4 Å². The van der Waals surface area contributed by atoms with Crippen LogP contribution in [0.3, 0.4) is 0 Å². The van der Waals surface area contributed by atoms with Crippen LogP contribution in [-0.4, -0.2) is 43.4 Å². The van der Waals surface area contributed by atoms with Crippen LogP contribution in [0.5, 0.6) is 11.5 Å². The van der Waals surface area contributed by atoms with E-state index in [0.29, 0.717) is 48.2 Å². The first-order valence-corrected chi connectivity index (χ1v) is 11.0. The molecule has 1 aliphatic heterocycles. The highest BCUT2D eigenvalue weighted by molar-refractivity contribution is 6.02. The Balaban J connectivity index is 1.41. The number of anilines is 1. The lowest BCUT2D eigenvalue weighted by molar-refractivity contribution is -0.122. The van der Waals surface area contributed by atoms with Gasteiger partial charge >= 0.3 is 0 Å². The second kappa shape index (κ2) is 9.42. The molecule has 32 heavy (non-hydrogen) atoms. The van der Waals surface area contributed by atoms with Gasteiger partial charge in [0, 0.05) is 24.6 Å². The number of Topliss-reactive ketones (excluding diaryl/α,β-unsaturated/α-hetero) is 1. The van der Waals surface area contributed by atoms with E-state index in [1.54, 1.807) is 23.1 Å². The Kier molecular flexibility index (Phi) is 6.44. The molecule has 4 rings (SSSR count). The van der Waals surface area contributed by atoms with Crippen LogP contribution in [0.4, 0.5) is 5.69 Å². The average Bonchev–Trinajstić information content (AvgIpc) is 3.59. The van der Waals surface area contributed by atoms with Gasteiger partial charge in [0.05, 0.1) is 5.69 Å². The number of amides is 2. The normalized spacial score (nSPS) is 15.1. The number of carbonyl (C=O) groups is 3. The quantitative estimate of drug-likeness (QED) is 0.610. The molecule has 0 spiro atoms. The minimum Gasteiger partial charge on any atom is -0.485 e. The summed E-state index contributed by atoms with van der Waals surface area (Å²) in [5, 5.41) is 2.96. The molecule has 1 saturated carbocycles. The molecule has 168 valence electrons. The van der Waals surface area contributed by atoms with Gasteiger partial charge in [0.15, 0.2) is 19.0 Å². The molecule has 2 aromatic rings. The maximum atomic E-state index is 12.8. The summed E-state index contributed by atoms with van der Waals surface area (Å²) in [6.45, 7) is 4.20. The van der Waals surface area contributed by atoms with Crippen LogP contribution < -0.4 is 19.7 Å². The lowest BCUT2D eigenvalue weighted by Gasteiger charge is -2.29. The summed E-state index contributed by atoms with van der Waals surface area (Å²) < 4.78 is 11.3. The van der Waals surface area contributed by atoms with Gasteiger partial charge in [0.1, 0.15) is 11.5 Å². The van der Waals surface area contributed by atoms with E-state index in [1.807, 2.05) is 32.0 Å². The van der Waals surface area contributed by atoms with Crippen LogP contribution in [-0.2, 0) is 9.59 Å². The fourth-order valence-corrected chi connectivity index (χ4v) is 3.65. The standard InChI is InChI=1S/C25H28N2O5/c1-16-5-3-6-22(17(16)2)31-14-21(28)18-8-11-23-20(13-18)27(25(30)15-32-23)12-4-7-24(29)26-19-9-10-19/h3,5-6,8,11,13,19H,4,7,9-10,12,14-15H2,1-2H3,(H,26,29). The Morgan fingerprint density at radius 1 is 1.19 bits per heavy atom. The van der Waals surface area contributed by atoms with Crippen molar-refractivity contribution < 1.29 is 23.9 Å². The number of nitrogens with zero attached hydrogens (tertiary/aromatic N) is 1. The van der Waals surface area contributed by atoms with E-state index in [-0.39, 0.29) is 30.8 Å². The minimum absolute atomic E-state index is 0.0148. The molecule has 0 atom stereocenters. The molecule has 2 aromatic carbocycles. The van der Waals surface area contributed by atoms with Gasteiger partial charge in [-0.2, -0.15) is 0 Å². The van der Waals surface area contributed by atoms with Crippen molar-refractivity contribution in [2.45, 2.75) is 45.6 Å². The van der Waals surface area contributed by atoms with Gasteiger partial charge in [-0.05, 0) is 68.5 Å². The summed E-state index contributed by atoms with van der Waals surface area (Å²) in [5.74, 6) is 0.882. The summed E-state index contributed by atoms with van der Waals surface area (Å²) in [6.07, 6.45) is 2.99. The Bertz CT molecular complexity index is 1040. The predicted octanol–water partition coefficient (Wildman–Crippen LogP) is 3.35. The number of carbonyl (C=O) groups excluding carboxylic acids is 3. The van der Waals surface area contributed by atoms with Crippen molar-refractivity contribution in [1.29, 1.82) is 0 Å². The second-order valence-corrected chi connectivity index (χ2v) is 8.37. The highest BCUT2D eigenvalue weighted by Crippen LogP contribution is 2.33. The monoisotopic (exact) mass is 436 g/mol. The predicted molar refractivity (Wildman–Crippen MR) is 120 cm³/mol. The molecule has 1 N–H and O–H groups in total. The maximum Gasteiger partial charge on any atom is 0.265 e. The van der Waals surface area contributed by atoms with Gasteiger partial charge in [0.25, 0.3) is 5.91 Å². The number of ether oxygens (including phenoxy) is 2. The first-order chi connectivity index (χ1) is 15.4. The van der Waals surface area contributed by atoms with E-state index in [4.69, 9.17) is 9.47 Å². The Morgan fingerprint density at radius 3 is 2.78 bits per heavy atom. The van der Waals surface area contributed by atoms with E-state index in [1.165, 1.54) is 0 Å². The topological polar surface area (TPSA) is 84.9 Å². The first kappa shape index (κ1) is 21.9. The number of benzene rings is 2. The summed E-state index contributed by atoms with van der Waals surface area (Å²) in [6, 6.07) is 11.1. The zero-order chi connectivity index (χ0) is 22.7. The molecular weight excluding hydrogens is 408 g/mol. The van der Waals surface area contributed by atoms with Crippen LogP contribution in [0.1, 0.15) is 47.2 Å². The van der Waals surface area contributed by atoms with Crippen LogP contribution in [0, 0.1) is 13.8 Å². The van der Waals surface area contributed by atoms with Gasteiger partial charge in [-0.25, -0.2) is 0 Å². The van der Waals surface area contributed by atoms with Gasteiger partial charge < -0.3 is 19.7 Å². The number of hydrogen-bond donors (Lipinski definition) is 1. The molecule has 1 fully saturated rings. The fourth-order valence-electron chi connectivity index (χ4n) is 3.65. The summed E-state index contributed by atoms with van der Waals surface area (Å²) in [5.41, 5.74) is 3.10. The third-order valence-corrected chi connectivity index (χ3v) is 5.87. The van der Waals surface area contributed by atoms with Crippen molar-refractivity contribution in [2.75, 3.05) is 24.7 Å². The molecule has 0 aromatic heterocycles. The third kappa shape index (κ3) is 5.10. The van der Waals surface area contributed by atoms with Crippen molar-refractivity contribution >= 4 is 23.3 Å². The van der Waals surface area contributed by atoms with Gasteiger partial charge in [0.2, 0.25) is 5.91 Å². The number of nitrogens with one attached hydrogen (secondary N) is 1. The van der Waals surface area contributed by atoms with Gasteiger partial charge in [-0.15, -0.1) is 0 Å². The molecule has 0 unspecified atom stereocenters. The molecule has 1 heterocycles. The summed E-state index contributed by atoms with van der Waals surface area (Å²) >= 11 is 0. The Morgan fingerprint density at radius 2 is 2.00 bits per heavy atom. The van der Waals surface area contributed by atoms with Crippen LogP contribution in [0.15, 0.2) is 36.4 Å². The number of aryl methyl sites for hydroxylation is 1. The Hall–Kier alpha value is -3.35. The van der Waals surface area contributed by atoms with E-state index in [0.717, 1.165) is 24.0 Å². The number of ketones is 1. The molecule has 1 aliphatic carbocycles. The van der Waals surface area contributed by atoms with Crippen LogP contribution >= 0.6 is 0 Å². The van der Waals surface area contributed by atoms with E-state index < -0.39 is 0 Å². The van der Waals surface area contributed by atoms with Crippen molar-refractivity contribution in [2.24, 2.45) is 0 Å². The van der Waals surface area contributed by atoms with Crippen LogP contribution in [0.25, 0.3) is 0 Å². The molecule has 0 bridgehead atoms. The number of rotatable bonds is 9. The second-order valence-electron chi connectivity index (χ2n) is 8.37. The van der Waals surface area contributed by atoms with Gasteiger partial charge in [-0.3, -0.25) is 14.4 Å². The van der Waals surface area contributed by atoms with E-state index >= 15 is 0 Å². The van der Waals surface area contributed by atoms with Crippen molar-refractivity contribution in [3.05, 3.63) is 53.1 Å². The third-order valence-electron chi connectivity index (χ3n) is 5.87. The Labute approximate surface area is 187 Å². The molecule has 7 heteroatoms. The number of fused-ring (bicyclic) bond motifs is 1. The molecule has 7 nitrogen and oxygen atoms in total. The molecule has 2 aliphatic rings. The van der Waals surface area contributed by atoms with Crippen molar-refractivity contribution in [3.8, 4) is 11.5 Å². The fraction of sp³-hybridized carbons (Fsp3) is 0.400. The molecular formula is C25H28N2O5. The molecule has 0 radical (unpaired) electrons. The highest BCUT2D eigenvalue weighted by Gasteiger charge is 2.27. The van der Waals surface area contributed by atoms with Crippen molar-refractivity contribution in [3.63, 3.8) is 0 Å². The summed E-state index contributed by atoms with van der Waals surface area (Å²) in [4.78, 5) is 38.8. The largest absolute Gasteiger partial charge is 0.485 e. The molecule has 0 saturated heterocycles. The van der Waals surface area contributed by atoms with Gasteiger partial charge in [-0.1, -0.05) is 12.1 Å². The van der Waals surface area contributed by atoms with Crippen LogP contribution in [0.2, 0.25) is 0 Å². The maximum absolute atomic E-state index is 12.8. The lowest BCUT2D eigenvalue weighted by Crippen LogP contribution is -2.40. The minimum atomic E-state index is -0.185. The first-order valence-electron chi connectivity index (χ1n) is 11.0.